The van der Waals surface area contributed by atoms with Crippen LogP contribution in [0.25, 0.3) is 16.3 Å². The molecule has 4 aromatic carbocycles. The molecule has 1 fully saturated rings. The number of amides is 3. The van der Waals surface area contributed by atoms with Gasteiger partial charge in [-0.2, -0.15) is 0 Å². The molecule has 3 amide bonds. The van der Waals surface area contributed by atoms with Gasteiger partial charge in [0.15, 0.2) is 11.5 Å². The number of carbonyl (C=O) groups excluding carboxylic acids is 3. The molecule has 3 N–H and O–H groups in total. The highest BCUT2D eigenvalue weighted by Gasteiger charge is 2.40. The van der Waals surface area contributed by atoms with E-state index < -0.39 is 12.0 Å². The highest BCUT2D eigenvalue weighted by molar-refractivity contribution is 6.19. The van der Waals surface area contributed by atoms with Crippen molar-refractivity contribution in [3.05, 3.63) is 101 Å². The molecule has 3 aliphatic heterocycles. The summed E-state index contributed by atoms with van der Waals surface area (Å²) in [6.45, 7) is 2.71. The van der Waals surface area contributed by atoms with Crippen molar-refractivity contribution in [3.63, 3.8) is 0 Å². The Morgan fingerprint density at radius 1 is 1.07 bits per heavy atom. The van der Waals surface area contributed by atoms with E-state index in [1.165, 1.54) is 7.11 Å². The van der Waals surface area contributed by atoms with Crippen LogP contribution in [0.2, 0.25) is 0 Å². The third-order valence-corrected chi connectivity index (χ3v) is 12.0. The molecule has 3 heterocycles. The first-order valence-electron chi connectivity index (χ1n) is 19.0. The summed E-state index contributed by atoms with van der Waals surface area (Å²) in [6, 6.07) is 18.0. The molecule has 0 bridgehead atoms. The number of rotatable bonds is 10. The van der Waals surface area contributed by atoms with Gasteiger partial charge in [0.1, 0.15) is 18.5 Å². The van der Waals surface area contributed by atoms with Crippen LogP contribution < -0.4 is 19.7 Å². The van der Waals surface area contributed by atoms with Crippen LogP contribution in [-0.4, -0.2) is 77.3 Å². The number of phenols is 1. The van der Waals surface area contributed by atoms with Gasteiger partial charge in [-0.15, -0.1) is 11.6 Å². The molecular formula is C44H41ClN4O7. The van der Waals surface area contributed by atoms with Gasteiger partial charge in [-0.05, 0) is 83.5 Å². The van der Waals surface area contributed by atoms with Gasteiger partial charge in [0.25, 0.3) is 11.8 Å². The van der Waals surface area contributed by atoms with Gasteiger partial charge < -0.3 is 34.8 Å². The van der Waals surface area contributed by atoms with Gasteiger partial charge in [0.2, 0.25) is 5.91 Å². The fourth-order valence-electron chi connectivity index (χ4n) is 8.38. The molecule has 4 atom stereocenters. The number of anilines is 2. The van der Waals surface area contributed by atoms with Crippen LogP contribution in [0.15, 0.2) is 83.5 Å². The number of carbonyl (C=O) groups is 3. The zero-order chi connectivity index (χ0) is 38.8. The number of aromatic hydroxyl groups is 1. The molecule has 4 aromatic rings. The Hall–Kier alpha value is -5.65. The number of nitrogens with one attached hydrogen (secondary N) is 1. The third-order valence-electron chi connectivity index (χ3n) is 11.6. The monoisotopic (exact) mass is 772 g/mol. The number of alkyl halides is 1. The van der Waals surface area contributed by atoms with E-state index in [0.29, 0.717) is 53.7 Å². The van der Waals surface area contributed by atoms with Gasteiger partial charge in [0.05, 0.1) is 36.0 Å². The van der Waals surface area contributed by atoms with E-state index in [1.54, 1.807) is 46.3 Å². The lowest BCUT2D eigenvalue weighted by Crippen LogP contribution is -2.38. The lowest BCUT2D eigenvalue weighted by molar-refractivity contribution is -0.125. The molecule has 11 nitrogen and oxygen atoms in total. The van der Waals surface area contributed by atoms with Crippen LogP contribution in [0.3, 0.4) is 0 Å². The number of benzene rings is 4. The summed E-state index contributed by atoms with van der Waals surface area (Å²) in [7, 11) is 1.52. The lowest BCUT2D eigenvalue weighted by Gasteiger charge is -2.29. The molecule has 0 radical (unpaired) electrons. The first-order chi connectivity index (χ1) is 27.1. The first kappa shape index (κ1) is 36.0. The normalized spacial score (nSPS) is 21.4. The van der Waals surface area contributed by atoms with Crippen LogP contribution >= 0.6 is 11.6 Å². The van der Waals surface area contributed by atoms with E-state index in [1.807, 2.05) is 49.5 Å². The standard InChI is InChI=1S/C44H41ClN4O7/c1-23-4-3-5-32-36(50)17-35-40(39(23)32)29(18-45)21-49(35)43(53)27-12-24(13-27)22-56-38-16-34-33(15-37(38)55-2)44(54)48-20-28(14-31(48)19-46-34)25-8-10-30(11-9-25)47-42(52)41(51)26-6-7-26/h3-5,8-12,15-17,19-20,26-27,29,31,41,50-51H,6-7,13-14,18,21-22H2,1-2H3,(H,47,52)/t27?,29-,31+,41-/m1/s1. The van der Waals surface area contributed by atoms with Crippen molar-refractivity contribution < 1.29 is 34.1 Å². The average molecular weight is 773 g/mol. The maximum Gasteiger partial charge on any atom is 0.260 e. The maximum atomic E-state index is 13.9. The van der Waals surface area contributed by atoms with E-state index in [4.69, 9.17) is 26.1 Å². The van der Waals surface area contributed by atoms with Crippen molar-refractivity contribution in [2.75, 3.05) is 36.4 Å². The first-order valence-corrected chi connectivity index (χ1v) is 19.5. The largest absolute Gasteiger partial charge is 0.507 e. The van der Waals surface area contributed by atoms with Gasteiger partial charge >= 0.3 is 0 Å². The predicted molar refractivity (Wildman–Crippen MR) is 215 cm³/mol. The highest BCUT2D eigenvalue weighted by atomic mass is 35.5. The minimum absolute atomic E-state index is 0.0337. The highest BCUT2D eigenvalue weighted by Crippen LogP contribution is 2.48. The fourth-order valence-corrected chi connectivity index (χ4v) is 8.64. The molecule has 0 saturated heterocycles. The second-order valence-corrected chi connectivity index (χ2v) is 15.6. The van der Waals surface area contributed by atoms with Crippen LogP contribution in [0.4, 0.5) is 17.1 Å². The third kappa shape index (κ3) is 6.28. The SMILES string of the molecule is COc1cc2c(cc1OCC1=CC(C(=O)N3C[C@@H](CCl)c4c3cc(O)c3cccc(C)c43)C1)N=C[C@@H]1CC(c3ccc(NC(=O)[C@H](O)C4CC4)cc3)=CN1C2=O. The minimum atomic E-state index is -0.985. The Morgan fingerprint density at radius 3 is 2.59 bits per heavy atom. The van der Waals surface area contributed by atoms with Gasteiger partial charge in [-0.1, -0.05) is 36.4 Å². The Bertz CT molecular complexity index is 2400. The number of nitrogens with zero attached hydrogens (tertiary/aromatic N) is 3. The summed E-state index contributed by atoms with van der Waals surface area (Å²) in [5, 5.41) is 25.5. The summed E-state index contributed by atoms with van der Waals surface area (Å²) < 4.78 is 11.9. The average Bonchev–Trinajstić information content (AvgIpc) is 3.87. The molecule has 1 saturated carbocycles. The zero-order valence-corrected chi connectivity index (χ0v) is 31.8. The predicted octanol–water partition coefficient (Wildman–Crippen LogP) is 7.24. The van der Waals surface area contributed by atoms with Crippen molar-refractivity contribution in [2.24, 2.45) is 16.8 Å². The number of aliphatic hydroxyl groups excluding tert-OH is 1. The van der Waals surface area contributed by atoms with Gasteiger partial charge in [-0.25, -0.2) is 0 Å². The number of aliphatic hydroxyl groups is 1. The van der Waals surface area contributed by atoms with Gasteiger partial charge in [0, 0.05) is 60.4 Å². The van der Waals surface area contributed by atoms with E-state index in [0.717, 1.165) is 57.1 Å². The Balaban J connectivity index is 0.865. The summed E-state index contributed by atoms with van der Waals surface area (Å²) in [4.78, 5) is 48.2. The number of fused-ring (bicyclic) bond motifs is 5. The maximum absolute atomic E-state index is 13.9. The number of phenolic OH excluding ortho intramolecular Hbond substituents is 1. The molecule has 1 unspecified atom stereocenters. The van der Waals surface area contributed by atoms with Gasteiger partial charge in [-0.3, -0.25) is 19.4 Å². The molecule has 0 aromatic heterocycles. The molecule has 12 heteroatoms. The minimum Gasteiger partial charge on any atom is -0.507 e. The van der Waals surface area contributed by atoms with E-state index in [-0.39, 0.29) is 48.0 Å². The molecule has 56 heavy (non-hydrogen) atoms. The Morgan fingerprint density at radius 2 is 1.86 bits per heavy atom. The van der Waals surface area contributed by atoms with Crippen LogP contribution in [0.5, 0.6) is 17.2 Å². The quantitative estimate of drug-likeness (QED) is 0.114. The topological polar surface area (TPSA) is 141 Å². The number of methoxy groups -OCH3 is 1. The molecule has 5 aliphatic rings. The lowest BCUT2D eigenvalue weighted by atomic mass is 9.85. The van der Waals surface area contributed by atoms with E-state index in [2.05, 4.69) is 5.32 Å². The van der Waals surface area contributed by atoms with Crippen molar-refractivity contribution in [1.29, 1.82) is 0 Å². The summed E-state index contributed by atoms with van der Waals surface area (Å²) in [5.74, 6) is 0.408. The number of halogens is 1. The second-order valence-electron chi connectivity index (χ2n) is 15.3. The smallest absolute Gasteiger partial charge is 0.260 e. The molecule has 2 aliphatic carbocycles. The fraction of sp³-hybridized carbons (Fsp3) is 0.318. The van der Waals surface area contributed by atoms with Crippen molar-refractivity contribution in [3.8, 4) is 17.2 Å². The van der Waals surface area contributed by atoms with Crippen molar-refractivity contribution in [2.45, 2.75) is 50.7 Å². The van der Waals surface area contributed by atoms with Crippen molar-refractivity contribution >= 4 is 68.9 Å². The number of hydrogen-bond donors (Lipinski definition) is 3. The Labute approximate surface area is 328 Å². The molecular weight excluding hydrogens is 732 g/mol. The summed E-state index contributed by atoms with van der Waals surface area (Å²) in [5.41, 5.74) is 7.08. The number of aliphatic imine (C=N–C) groups is 1. The second kappa shape index (κ2) is 14.1. The molecule has 0 spiro atoms. The summed E-state index contributed by atoms with van der Waals surface area (Å²) >= 11 is 6.43. The molecule has 9 rings (SSSR count). The van der Waals surface area contributed by atoms with Crippen LogP contribution in [0, 0.1) is 18.8 Å². The number of hydrogen-bond acceptors (Lipinski definition) is 8. The van der Waals surface area contributed by atoms with E-state index in [9.17, 15) is 24.6 Å². The van der Waals surface area contributed by atoms with Crippen LogP contribution in [0.1, 0.15) is 58.6 Å². The van der Waals surface area contributed by atoms with Crippen LogP contribution in [-0.2, 0) is 9.59 Å². The van der Waals surface area contributed by atoms with Crippen molar-refractivity contribution in [1.82, 2.24) is 4.90 Å². The number of ether oxygens (including phenoxy) is 2. The number of aryl methyl sites for hydroxylation is 1. The molecule has 286 valence electrons. The van der Waals surface area contributed by atoms with E-state index >= 15 is 0 Å². The zero-order valence-electron chi connectivity index (χ0n) is 31.0. The Kier molecular flexibility index (Phi) is 9.09. The summed E-state index contributed by atoms with van der Waals surface area (Å²) in [6.07, 6.45) is 7.41.